The maximum Gasteiger partial charge on any atom is 0.148 e. The van der Waals surface area contributed by atoms with Crippen molar-refractivity contribution in [3.8, 4) is 22.7 Å². The molecule has 1 aliphatic rings. The van der Waals surface area contributed by atoms with E-state index >= 15 is 0 Å². The lowest BCUT2D eigenvalue weighted by Gasteiger charge is -2.19. The Bertz CT molecular complexity index is 954. The molecular weight excluding hydrogens is 367 g/mol. The van der Waals surface area contributed by atoms with E-state index in [0.717, 1.165) is 61.7 Å². The number of para-hydroxylation sites is 1. The number of likely N-dealkylation sites (N-methyl/N-ethyl adjacent to an activating group) is 1. The fourth-order valence-corrected chi connectivity index (χ4v) is 3.78. The molecule has 1 saturated heterocycles. The zero-order valence-electron chi connectivity index (χ0n) is 17.0. The highest BCUT2D eigenvalue weighted by atomic mass is 19.1. The van der Waals surface area contributed by atoms with Crippen LogP contribution in [0.2, 0.25) is 0 Å². The minimum absolute atomic E-state index is 0.278. The molecule has 1 aromatic heterocycles. The van der Waals surface area contributed by atoms with Gasteiger partial charge in [0.25, 0.3) is 0 Å². The highest BCUT2D eigenvalue weighted by Crippen LogP contribution is 2.27. The minimum atomic E-state index is -0.278. The SMILES string of the molecule is COc1ccc(-c2nn(-c3ccccc3F)cc2CN2CCCN(C)CC2)cc1. The van der Waals surface area contributed by atoms with Crippen molar-refractivity contribution < 1.29 is 9.13 Å². The Labute approximate surface area is 171 Å². The van der Waals surface area contributed by atoms with Gasteiger partial charge in [-0.05, 0) is 63.0 Å². The molecule has 4 rings (SSSR count). The summed E-state index contributed by atoms with van der Waals surface area (Å²) in [6, 6.07) is 14.6. The molecular formula is C23H27FN4O. The summed E-state index contributed by atoms with van der Waals surface area (Å²) in [5, 5.41) is 4.77. The molecule has 1 fully saturated rings. The zero-order valence-corrected chi connectivity index (χ0v) is 17.0. The summed E-state index contributed by atoms with van der Waals surface area (Å²) in [5.74, 6) is 0.526. The van der Waals surface area contributed by atoms with Gasteiger partial charge in [0.15, 0.2) is 0 Å². The average Bonchev–Trinajstić information content (AvgIpc) is 3.04. The molecule has 0 radical (unpaired) electrons. The Morgan fingerprint density at radius 2 is 1.79 bits per heavy atom. The third-order valence-electron chi connectivity index (χ3n) is 5.46. The lowest BCUT2D eigenvalue weighted by Crippen LogP contribution is -2.28. The van der Waals surface area contributed by atoms with E-state index in [1.807, 2.05) is 36.5 Å². The van der Waals surface area contributed by atoms with Crippen molar-refractivity contribution in [1.29, 1.82) is 0 Å². The third kappa shape index (κ3) is 4.49. The minimum Gasteiger partial charge on any atom is -0.497 e. The second kappa shape index (κ2) is 8.76. The van der Waals surface area contributed by atoms with E-state index in [1.54, 1.807) is 23.9 Å². The van der Waals surface area contributed by atoms with E-state index in [4.69, 9.17) is 9.84 Å². The quantitative estimate of drug-likeness (QED) is 0.659. The number of aromatic nitrogens is 2. The van der Waals surface area contributed by atoms with Crippen LogP contribution in [0.25, 0.3) is 16.9 Å². The fraction of sp³-hybridized carbons (Fsp3) is 0.348. The van der Waals surface area contributed by atoms with E-state index in [2.05, 4.69) is 16.8 Å². The summed E-state index contributed by atoms with van der Waals surface area (Å²) in [6.07, 6.45) is 3.11. The van der Waals surface area contributed by atoms with Crippen LogP contribution in [0.15, 0.2) is 54.7 Å². The number of hydrogen-bond donors (Lipinski definition) is 0. The molecule has 0 spiro atoms. The summed E-state index contributed by atoms with van der Waals surface area (Å²) in [5.41, 5.74) is 3.45. The molecule has 0 bridgehead atoms. The van der Waals surface area contributed by atoms with Gasteiger partial charge in [-0.25, -0.2) is 9.07 Å². The third-order valence-corrected chi connectivity index (χ3v) is 5.46. The Morgan fingerprint density at radius 3 is 2.55 bits per heavy atom. The summed E-state index contributed by atoms with van der Waals surface area (Å²) in [4.78, 5) is 4.83. The molecule has 1 aliphatic heterocycles. The summed E-state index contributed by atoms with van der Waals surface area (Å²) in [6.45, 7) is 5.04. The van der Waals surface area contributed by atoms with Crippen LogP contribution in [0.5, 0.6) is 5.75 Å². The topological polar surface area (TPSA) is 33.5 Å². The normalized spacial score (nSPS) is 16.0. The van der Waals surface area contributed by atoms with Crippen molar-refractivity contribution >= 4 is 0 Å². The number of benzene rings is 2. The highest BCUT2D eigenvalue weighted by Gasteiger charge is 2.18. The number of nitrogens with zero attached hydrogens (tertiary/aromatic N) is 4. The van der Waals surface area contributed by atoms with Gasteiger partial charge in [0.05, 0.1) is 12.8 Å². The second-order valence-corrected chi connectivity index (χ2v) is 7.56. The van der Waals surface area contributed by atoms with Gasteiger partial charge in [-0.2, -0.15) is 5.10 Å². The fourth-order valence-electron chi connectivity index (χ4n) is 3.78. The van der Waals surface area contributed by atoms with E-state index in [9.17, 15) is 4.39 Å². The molecule has 0 unspecified atom stereocenters. The van der Waals surface area contributed by atoms with Crippen molar-refractivity contribution in [2.75, 3.05) is 40.3 Å². The maximum absolute atomic E-state index is 14.4. The molecule has 6 heteroatoms. The van der Waals surface area contributed by atoms with Crippen LogP contribution in [0.1, 0.15) is 12.0 Å². The van der Waals surface area contributed by atoms with Gasteiger partial charge in [0, 0.05) is 37.0 Å². The number of hydrogen-bond acceptors (Lipinski definition) is 4. The van der Waals surface area contributed by atoms with Gasteiger partial charge in [-0.15, -0.1) is 0 Å². The number of methoxy groups -OCH3 is 1. The number of rotatable bonds is 5. The van der Waals surface area contributed by atoms with Crippen LogP contribution in [0.4, 0.5) is 4.39 Å². The first-order valence-corrected chi connectivity index (χ1v) is 10.0. The first kappa shape index (κ1) is 19.6. The van der Waals surface area contributed by atoms with E-state index in [1.165, 1.54) is 6.07 Å². The van der Waals surface area contributed by atoms with Gasteiger partial charge >= 0.3 is 0 Å². The summed E-state index contributed by atoms with van der Waals surface area (Å²) < 4.78 is 21.3. The molecule has 0 N–H and O–H groups in total. The van der Waals surface area contributed by atoms with Crippen LogP contribution >= 0.6 is 0 Å². The lowest BCUT2D eigenvalue weighted by molar-refractivity contribution is 0.269. The predicted octanol–water partition coefficient (Wildman–Crippen LogP) is 3.82. The maximum atomic E-state index is 14.4. The van der Waals surface area contributed by atoms with Gasteiger partial charge in [-0.1, -0.05) is 12.1 Å². The molecule has 3 aromatic rings. The Balaban J connectivity index is 1.70. The molecule has 5 nitrogen and oxygen atoms in total. The lowest BCUT2D eigenvalue weighted by atomic mass is 10.1. The second-order valence-electron chi connectivity index (χ2n) is 7.56. The van der Waals surface area contributed by atoms with Gasteiger partial charge in [0.2, 0.25) is 0 Å². The monoisotopic (exact) mass is 394 g/mol. The number of ether oxygens (including phenoxy) is 1. The first-order chi connectivity index (χ1) is 14.1. The van der Waals surface area contributed by atoms with E-state index < -0.39 is 0 Å². The van der Waals surface area contributed by atoms with Crippen LogP contribution in [-0.4, -0.2) is 59.9 Å². The van der Waals surface area contributed by atoms with Crippen molar-refractivity contribution in [3.63, 3.8) is 0 Å². The van der Waals surface area contributed by atoms with E-state index in [0.29, 0.717) is 5.69 Å². The zero-order chi connectivity index (χ0) is 20.2. The molecule has 0 saturated carbocycles. The Morgan fingerprint density at radius 1 is 1.00 bits per heavy atom. The molecule has 0 aliphatic carbocycles. The Hall–Kier alpha value is -2.70. The van der Waals surface area contributed by atoms with Crippen LogP contribution in [0, 0.1) is 5.82 Å². The molecule has 29 heavy (non-hydrogen) atoms. The average molecular weight is 394 g/mol. The van der Waals surface area contributed by atoms with Gasteiger partial charge in [-0.3, -0.25) is 4.90 Å². The molecule has 2 heterocycles. The van der Waals surface area contributed by atoms with Crippen LogP contribution in [-0.2, 0) is 6.54 Å². The highest BCUT2D eigenvalue weighted by molar-refractivity contribution is 5.64. The summed E-state index contributed by atoms with van der Waals surface area (Å²) in [7, 11) is 3.83. The predicted molar refractivity (Wildman–Crippen MR) is 113 cm³/mol. The van der Waals surface area contributed by atoms with Crippen molar-refractivity contribution in [2.45, 2.75) is 13.0 Å². The van der Waals surface area contributed by atoms with Crippen molar-refractivity contribution in [2.24, 2.45) is 0 Å². The first-order valence-electron chi connectivity index (χ1n) is 10.0. The molecule has 0 atom stereocenters. The summed E-state index contributed by atoms with van der Waals surface area (Å²) >= 11 is 0. The Kier molecular flexibility index (Phi) is 5.92. The smallest absolute Gasteiger partial charge is 0.148 e. The molecule has 0 amide bonds. The van der Waals surface area contributed by atoms with Gasteiger partial charge < -0.3 is 9.64 Å². The molecule has 152 valence electrons. The van der Waals surface area contributed by atoms with E-state index in [-0.39, 0.29) is 5.82 Å². The van der Waals surface area contributed by atoms with Crippen LogP contribution < -0.4 is 4.74 Å². The van der Waals surface area contributed by atoms with Gasteiger partial charge in [0.1, 0.15) is 17.3 Å². The van der Waals surface area contributed by atoms with Crippen molar-refractivity contribution in [1.82, 2.24) is 19.6 Å². The van der Waals surface area contributed by atoms with Crippen molar-refractivity contribution in [3.05, 3.63) is 66.1 Å². The number of halogens is 1. The standard InChI is InChI=1S/C23H27FN4O/c1-26-12-5-13-27(15-14-26)16-19-17-28(22-7-4-3-6-21(22)24)25-23(19)18-8-10-20(29-2)11-9-18/h3-4,6-11,17H,5,12-16H2,1-2H3. The molecule has 2 aromatic carbocycles. The largest absolute Gasteiger partial charge is 0.497 e. The van der Waals surface area contributed by atoms with Crippen LogP contribution in [0.3, 0.4) is 0 Å².